The number of benzene rings is 1. The monoisotopic (exact) mass is 367 g/mol. The standard InChI is InChI=1S/C18H14FN5OS/c1-10-7-12(11(2)23(10)14-5-3-13(19)4-6-14)8-15-16(20)24-18(22-17(15)25)26-9-21-24/h3-9,20H,1-2H3/b15-8-,20-16?. The maximum atomic E-state index is 13.2. The Bertz CT molecular complexity index is 1030. The van der Waals surface area contributed by atoms with Crippen molar-refractivity contribution in [3.8, 4) is 5.69 Å². The normalized spacial score (nSPS) is 17.9. The van der Waals surface area contributed by atoms with E-state index in [1.807, 2.05) is 24.5 Å². The number of nitrogens with one attached hydrogen (secondary N) is 1. The highest BCUT2D eigenvalue weighted by molar-refractivity contribution is 8.25. The Labute approximate surface area is 153 Å². The van der Waals surface area contributed by atoms with Gasteiger partial charge in [-0.1, -0.05) is 0 Å². The van der Waals surface area contributed by atoms with E-state index in [0.717, 1.165) is 22.6 Å². The zero-order valence-electron chi connectivity index (χ0n) is 14.0. The molecule has 1 amide bonds. The molecule has 0 fully saturated rings. The molecule has 0 spiro atoms. The van der Waals surface area contributed by atoms with Crippen LogP contribution in [0.1, 0.15) is 17.0 Å². The number of amides is 1. The van der Waals surface area contributed by atoms with Crippen LogP contribution in [0.5, 0.6) is 0 Å². The number of thioether (sulfide) groups is 1. The maximum absolute atomic E-state index is 13.2. The third kappa shape index (κ3) is 2.59. The molecule has 2 aromatic rings. The van der Waals surface area contributed by atoms with Crippen molar-refractivity contribution in [2.24, 2.45) is 10.1 Å². The average Bonchev–Trinajstić information content (AvgIpc) is 3.17. The lowest BCUT2D eigenvalue weighted by molar-refractivity contribution is -0.114. The van der Waals surface area contributed by atoms with E-state index in [9.17, 15) is 9.18 Å². The highest BCUT2D eigenvalue weighted by Gasteiger charge is 2.32. The van der Waals surface area contributed by atoms with Crippen LogP contribution in [0.15, 0.2) is 46.0 Å². The minimum atomic E-state index is -0.453. The van der Waals surface area contributed by atoms with E-state index in [4.69, 9.17) is 5.41 Å². The summed E-state index contributed by atoms with van der Waals surface area (Å²) in [6.45, 7) is 3.85. The van der Waals surface area contributed by atoms with E-state index in [0.29, 0.717) is 5.17 Å². The number of hydrazone groups is 1. The van der Waals surface area contributed by atoms with Gasteiger partial charge < -0.3 is 4.57 Å². The molecular weight excluding hydrogens is 353 g/mol. The predicted octanol–water partition coefficient (Wildman–Crippen LogP) is 3.48. The summed E-state index contributed by atoms with van der Waals surface area (Å²) in [6, 6.07) is 8.14. The number of halogens is 1. The van der Waals surface area contributed by atoms with Gasteiger partial charge in [-0.25, -0.2) is 4.39 Å². The number of amidine groups is 2. The lowest BCUT2D eigenvalue weighted by Crippen LogP contribution is -2.35. The molecule has 130 valence electrons. The first-order valence-corrected chi connectivity index (χ1v) is 8.71. The van der Waals surface area contributed by atoms with Crippen molar-refractivity contribution >= 4 is 40.3 Å². The smallest absolute Gasteiger partial charge is 0.283 e. The Kier molecular flexibility index (Phi) is 3.84. The topological polar surface area (TPSA) is 73.8 Å². The van der Waals surface area contributed by atoms with Crippen molar-refractivity contribution in [3.05, 3.63) is 58.7 Å². The van der Waals surface area contributed by atoms with Gasteiger partial charge in [-0.15, -0.1) is 0 Å². The van der Waals surface area contributed by atoms with E-state index in [1.165, 1.54) is 28.9 Å². The minimum absolute atomic E-state index is 0.00725. The molecule has 6 nitrogen and oxygen atoms in total. The van der Waals surface area contributed by atoms with Gasteiger partial charge in [0, 0.05) is 17.1 Å². The first-order valence-electron chi connectivity index (χ1n) is 7.83. The summed E-state index contributed by atoms with van der Waals surface area (Å²) >= 11 is 1.21. The van der Waals surface area contributed by atoms with Gasteiger partial charge in [0.2, 0.25) is 0 Å². The fourth-order valence-corrected chi connectivity index (χ4v) is 3.62. The van der Waals surface area contributed by atoms with E-state index in [1.54, 1.807) is 23.8 Å². The van der Waals surface area contributed by atoms with Crippen LogP contribution in [0.3, 0.4) is 0 Å². The Balaban J connectivity index is 1.78. The van der Waals surface area contributed by atoms with Crippen molar-refractivity contribution in [2.75, 3.05) is 0 Å². The summed E-state index contributed by atoms with van der Waals surface area (Å²) in [5.41, 5.74) is 5.19. The SMILES string of the molecule is Cc1cc(/C=C2/C(=N)N3N=CSC3=NC2=O)c(C)n1-c1ccc(F)cc1. The Morgan fingerprint density at radius 2 is 1.96 bits per heavy atom. The van der Waals surface area contributed by atoms with Crippen LogP contribution >= 0.6 is 11.8 Å². The van der Waals surface area contributed by atoms with E-state index in [-0.39, 0.29) is 17.2 Å². The number of fused-ring (bicyclic) bond motifs is 1. The molecule has 0 saturated carbocycles. The summed E-state index contributed by atoms with van der Waals surface area (Å²) in [5.74, 6) is -0.740. The molecule has 1 aromatic carbocycles. The number of nitrogens with zero attached hydrogens (tertiary/aromatic N) is 4. The van der Waals surface area contributed by atoms with Gasteiger partial charge in [-0.05, 0) is 67.6 Å². The Hall–Kier alpha value is -3.00. The summed E-state index contributed by atoms with van der Waals surface area (Å²) < 4.78 is 15.2. The number of rotatable bonds is 2. The average molecular weight is 367 g/mol. The number of hydrogen-bond donors (Lipinski definition) is 1. The molecule has 0 radical (unpaired) electrons. The lowest BCUT2D eigenvalue weighted by atomic mass is 10.1. The van der Waals surface area contributed by atoms with Gasteiger partial charge in [-0.3, -0.25) is 10.2 Å². The molecule has 0 bridgehead atoms. The van der Waals surface area contributed by atoms with Gasteiger partial charge in [0.05, 0.1) is 11.1 Å². The Morgan fingerprint density at radius 1 is 1.23 bits per heavy atom. The molecule has 1 N–H and O–H groups in total. The van der Waals surface area contributed by atoms with Gasteiger partial charge in [0.15, 0.2) is 11.0 Å². The van der Waals surface area contributed by atoms with Crippen LogP contribution in [0.4, 0.5) is 4.39 Å². The van der Waals surface area contributed by atoms with Crippen LogP contribution in [0.25, 0.3) is 11.8 Å². The molecule has 3 heterocycles. The highest BCUT2D eigenvalue weighted by atomic mass is 32.2. The third-order valence-electron chi connectivity index (χ3n) is 4.25. The predicted molar refractivity (Wildman–Crippen MR) is 101 cm³/mol. The lowest BCUT2D eigenvalue weighted by Gasteiger charge is -2.20. The largest absolute Gasteiger partial charge is 0.318 e. The summed E-state index contributed by atoms with van der Waals surface area (Å²) in [7, 11) is 0. The molecule has 0 unspecified atom stereocenters. The Morgan fingerprint density at radius 3 is 2.69 bits per heavy atom. The van der Waals surface area contributed by atoms with Gasteiger partial charge in [0.1, 0.15) is 5.82 Å². The molecule has 0 aliphatic carbocycles. The fourth-order valence-electron chi connectivity index (χ4n) is 3.01. The summed E-state index contributed by atoms with van der Waals surface area (Å²) in [4.78, 5) is 16.3. The first-order chi connectivity index (χ1) is 12.5. The van der Waals surface area contributed by atoms with Crippen molar-refractivity contribution in [2.45, 2.75) is 13.8 Å². The molecule has 8 heteroatoms. The van der Waals surface area contributed by atoms with Crippen LogP contribution in [0.2, 0.25) is 0 Å². The fraction of sp³-hybridized carbons (Fsp3) is 0.111. The quantitative estimate of drug-likeness (QED) is 0.826. The second-order valence-electron chi connectivity index (χ2n) is 5.89. The van der Waals surface area contributed by atoms with Gasteiger partial charge in [0.25, 0.3) is 5.91 Å². The van der Waals surface area contributed by atoms with Crippen molar-refractivity contribution in [1.82, 2.24) is 9.58 Å². The summed E-state index contributed by atoms with van der Waals surface area (Å²) in [6.07, 6.45) is 1.66. The molecule has 4 rings (SSSR count). The number of hydrogen-bond acceptors (Lipinski definition) is 4. The number of carbonyl (C=O) groups excluding carboxylic acids is 1. The number of carbonyl (C=O) groups is 1. The van der Waals surface area contributed by atoms with Crippen LogP contribution < -0.4 is 0 Å². The molecular formula is C18H14FN5OS. The van der Waals surface area contributed by atoms with Crippen LogP contribution in [-0.2, 0) is 4.79 Å². The molecule has 0 atom stereocenters. The first kappa shape index (κ1) is 16.5. The van der Waals surface area contributed by atoms with Gasteiger partial charge >= 0.3 is 0 Å². The van der Waals surface area contributed by atoms with Crippen molar-refractivity contribution < 1.29 is 9.18 Å². The minimum Gasteiger partial charge on any atom is -0.318 e. The highest BCUT2D eigenvalue weighted by Crippen LogP contribution is 2.27. The summed E-state index contributed by atoms with van der Waals surface area (Å²) in [5, 5.41) is 14.0. The zero-order valence-corrected chi connectivity index (χ0v) is 14.8. The number of aromatic nitrogens is 1. The third-order valence-corrected chi connectivity index (χ3v) is 4.93. The number of aryl methyl sites for hydroxylation is 1. The van der Waals surface area contributed by atoms with E-state index >= 15 is 0 Å². The molecule has 26 heavy (non-hydrogen) atoms. The van der Waals surface area contributed by atoms with Gasteiger partial charge in [-0.2, -0.15) is 15.1 Å². The maximum Gasteiger partial charge on any atom is 0.283 e. The molecule has 0 saturated heterocycles. The molecule has 2 aliphatic heterocycles. The second-order valence-corrected chi connectivity index (χ2v) is 6.71. The number of aliphatic imine (C=N–C) groups is 1. The van der Waals surface area contributed by atoms with Crippen molar-refractivity contribution in [3.63, 3.8) is 0 Å². The van der Waals surface area contributed by atoms with E-state index < -0.39 is 5.91 Å². The molecule has 2 aliphatic rings. The second kappa shape index (κ2) is 6.06. The zero-order chi connectivity index (χ0) is 18.4. The van der Waals surface area contributed by atoms with Crippen molar-refractivity contribution in [1.29, 1.82) is 5.41 Å². The van der Waals surface area contributed by atoms with E-state index in [2.05, 4.69) is 10.1 Å². The van der Waals surface area contributed by atoms with Crippen LogP contribution in [0, 0.1) is 25.1 Å². The van der Waals surface area contributed by atoms with Crippen LogP contribution in [-0.4, -0.2) is 32.0 Å². The molecule has 1 aromatic heterocycles.